The number of piperidine rings is 1. The molecule has 88 valence electrons. The highest BCUT2D eigenvalue weighted by Gasteiger charge is 2.45. The first-order chi connectivity index (χ1) is 7.18. The van der Waals surface area contributed by atoms with Gasteiger partial charge < -0.3 is 5.11 Å². The van der Waals surface area contributed by atoms with Crippen molar-refractivity contribution in [2.75, 3.05) is 13.1 Å². The Morgan fingerprint density at radius 1 is 1.27 bits per heavy atom. The van der Waals surface area contributed by atoms with Crippen LogP contribution in [0.4, 0.5) is 0 Å². The maximum absolute atomic E-state index is 10.4. The van der Waals surface area contributed by atoms with Crippen molar-refractivity contribution in [2.45, 2.75) is 64.0 Å². The highest BCUT2D eigenvalue weighted by Crippen LogP contribution is 2.41. The summed E-state index contributed by atoms with van der Waals surface area (Å²) < 4.78 is 0. The SMILES string of the molecule is CCC(C)(C(O)C1CC1)N1CCCCC1. The first kappa shape index (κ1) is 11.4. The summed E-state index contributed by atoms with van der Waals surface area (Å²) in [6.45, 7) is 6.86. The highest BCUT2D eigenvalue weighted by atomic mass is 16.3. The third-order valence-electron chi connectivity index (χ3n) is 4.50. The molecule has 2 nitrogen and oxygen atoms in total. The molecule has 1 N–H and O–H groups in total. The van der Waals surface area contributed by atoms with E-state index in [0.717, 1.165) is 6.42 Å². The number of hydrogen-bond donors (Lipinski definition) is 1. The summed E-state index contributed by atoms with van der Waals surface area (Å²) in [6, 6.07) is 0. The Morgan fingerprint density at radius 3 is 2.33 bits per heavy atom. The van der Waals surface area contributed by atoms with Gasteiger partial charge in [-0.3, -0.25) is 4.90 Å². The minimum absolute atomic E-state index is 0.0432. The maximum Gasteiger partial charge on any atom is 0.0749 e. The van der Waals surface area contributed by atoms with Gasteiger partial charge >= 0.3 is 0 Å². The minimum Gasteiger partial charge on any atom is -0.391 e. The Balaban J connectivity index is 2.03. The van der Waals surface area contributed by atoms with Crippen LogP contribution in [0.15, 0.2) is 0 Å². The molecule has 1 heterocycles. The van der Waals surface area contributed by atoms with Gasteiger partial charge in [0.05, 0.1) is 6.10 Å². The molecule has 0 aromatic carbocycles. The minimum atomic E-state index is -0.0967. The molecule has 2 fully saturated rings. The summed E-state index contributed by atoms with van der Waals surface area (Å²) >= 11 is 0. The Hall–Kier alpha value is -0.0800. The van der Waals surface area contributed by atoms with Crippen LogP contribution in [0.2, 0.25) is 0 Å². The van der Waals surface area contributed by atoms with Crippen molar-refractivity contribution in [1.82, 2.24) is 4.90 Å². The molecule has 0 spiro atoms. The van der Waals surface area contributed by atoms with Gasteiger partial charge in [0, 0.05) is 5.54 Å². The lowest BCUT2D eigenvalue weighted by Gasteiger charge is -2.46. The largest absolute Gasteiger partial charge is 0.391 e. The van der Waals surface area contributed by atoms with E-state index in [1.165, 1.54) is 45.2 Å². The second-order valence-corrected chi connectivity index (χ2v) is 5.54. The molecule has 2 atom stereocenters. The molecule has 0 bridgehead atoms. The molecule has 2 rings (SSSR count). The first-order valence-electron chi connectivity index (χ1n) is 6.61. The fourth-order valence-electron chi connectivity index (χ4n) is 2.94. The van der Waals surface area contributed by atoms with Crippen molar-refractivity contribution in [3.05, 3.63) is 0 Å². The Kier molecular flexibility index (Phi) is 3.36. The molecule has 0 aromatic heterocycles. The Bertz CT molecular complexity index is 209. The lowest BCUT2D eigenvalue weighted by Crippen LogP contribution is -2.56. The molecule has 1 saturated heterocycles. The summed E-state index contributed by atoms with van der Waals surface area (Å²) in [7, 11) is 0. The predicted molar refractivity (Wildman–Crippen MR) is 62.9 cm³/mol. The molecular weight excluding hydrogens is 186 g/mol. The third kappa shape index (κ3) is 2.21. The van der Waals surface area contributed by atoms with Crippen LogP contribution in [-0.4, -0.2) is 34.7 Å². The van der Waals surface area contributed by atoms with Crippen molar-refractivity contribution in [1.29, 1.82) is 0 Å². The molecule has 15 heavy (non-hydrogen) atoms. The zero-order chi connectivity index (χ0) is 10.9. The van der Waals surface area contributed by atoms with Gasteiger partial charge in [-0.15, -0.1) is 0 Å². The molecule has 2 heteroatoms. The molecule has 0 amide bonds. The number of nitrogens with zero attached hydrogens (tertiary/aromatic N) is 1. The maximum atomic E-state index is 10.4. The molecule has 0 radical (unpaired) electrons. The van der Waals surface area contributed by atoms with E-state index in [9.17, 15) is 5.11 Å². The molecular formula is C13H25NO. The Morgan fingerprint density at radius 2 is 1.87 bits per heavy atom. The van der Waals surface area contributed by atoms with Crippen LogP contribution in [0, 0.1) is 5.92 Å². The van der Waals surface area contributed by atoms with E-state index in [4.69, 9.17) is 0 Å². The van der Waals surface area contributed by atoms with Crippen LogP contribution in [0.1, 0.15) is 52.4 Å². The van der Waals surface area contributed by atoms with E-state index in [0.29, 0.717) is 5.92 Å². The highest BCUT2D eigenvalue weighted by molar-refractivity contribution is 4.99. The second-order valence-electron chi connectivity index (χ2n) is 5.54. The quantitative estimate of drug-likeness (QED) is 0.772. The van der Waals surface area contributed by atoms with E-state index in [2.05, 4.69) is 18.7 Å². The van der Waals surface area contributed by atoms with E-state index in [-0.39, 0.29) is 11.6 Å². The zero-order valence-electron chi connectivity index (χ0n) is 10.2. The van der Waals surface area contributed by atoms with Crippen molar-refractivity contribution >= 4 is 0 Å². The molecule has 1 saturated carbocycles. The van der Waals surface area contributed by atoms with Gasteiger partial charge in [-0.25, -0.2) is 0 Å². The molecule has 2 aliphatic rings. The van der Waals surface area contributed by atoms with Gasteiger partial charge in [0.1, 0.15) is 0 Å². The number of likely N-dealkylation sites (tertiary alicyclic amines) is 1. The average molecular weight is 211 g/mol. The normalized spacial score (nSPS) is 29.8. The van der Waals surface area contributed by atoms with Crippen LogP contribution in [0.25, 0.3) is 0 Å². The van der Waals surface area contributed by atoms with Crippen molar-refractivity contribution in [2.24, 2.45) is 5.92 Å². The fourth-order valence-corrected chi connectivity index (χ4v) is 2.94. The van der Waals surface area contributed by atoms with Crippen LogP contribution < -0.4 is 0 Å². The van der Waals surface area contributed by atoms with Gasteiger partial charge in [-0.2, -0.15) is 0 Å². The standard InChI is InChI=1S/C13H25NO/c1-3-13(2,12(15)11-7-8-11)14-9-5-4-6-10-14/h11-12,15H,3-10H2,1-2H3. The van der Waals surface area contributed by atoms with Crippen molar-refractivity contribution in [3.8, 4) is 0 Å². The van der Waals surface area contributed by atoms with Crippen LogP contribution >= 0.6 is 0 Å². The zero-order valence-corrected chi connectivity index (χ0v) is 10.2. The van der Waals surface area contributed by atoms with Gasteiger partial charge in [-0.1, -0.05) is 13.3 Å². The van der Waals surface area contributed by atoms with Crippen molar-refractivity contribution < 1.29 is 5.11 Å². The second kappa shape index (κ2) is 4.42. The van der Waals surface area contributed by atoms with Crippen molar-refractivity contribution in [3.63, 3.8) is 0 Å². The smallest absolute Gasteiger partial charge is 0.0749 e. The topological polar surface area (TPSA) is 23.5 Å². The predicted octanol–water partition coefficient (Wildman–Crippen LogP) is 2.41. The molecule has 0 aromatic rings. The van der Waals surface area contributed by atoms with Gasteiger partial charge in [0.15, 0.2) is 0 Å². The van der Waals surface area contributed by atoms with E-state index in [1.807, 2.05) is 0 Å². The van der Waals surface area contributed by atoms with Gasteiger partial charge in [-0.05, 0) is 58.0 Å². The van der Waals surface area contributed by atoms with E-state index >= 15 is 0 Å². The molecule has 1 aliphatic carbocycles. The fraction of sp³-hybridized carbons (Fsp3) is 1.00. The summed E-state index contributed by atoms with van der Waals surface area (Å²) in [5, 5.41) is 10.4. The summed E-state index contributed by atoms with van der Waals surface area (Å²) in [5.41, 5.74) is 0.0432. The summed E-state index contributed by atoms with van der Waals surface area (Å²) in [4.78, 5) is 2.54. The Labute approximate surface area is 93.7 Å². The number of rotatable bonds is 4. The van der Waals surface area contributed by atoms with Gasteiger partial charge in [0.2, 0.25) is 0 Å². The lowest BCUT2D eigenvalue weighted by molar-refractivity contribution is -0.0438. The molecule has 1 aliphatic heterocycles. The number of aliphatic hydroxyl groups excluding tert-OH is 1. The van der Waals surface area contributed by atoms with E-state index < -0.39 is 0 Å². The van der Waals surface area contributed by atoms with Crippen LogP contribution in [0.3, 0.4) is 0 Å². The van der Waals surface area contributed by atoms with Gasteiger partial charge in [0.25, 0.3) is 0 Å². The third-order valence-corrected chi connectivity index (χ3v) is 4.50. The van der Waals surface area contributed by atoms with Crippen LogP contribution in [-0.2, 0) is 0 Å². The monoisotopic (exact) mass is 211 g/mol. The average Bonchev–Trinajstić information content (AvgIpc) is 3.12. The van der Waals surface area contributed by atoms with E-state index in [1.54, 1.807) is 0 Å². The summed E-state index contributed by atoms with van der Waals surface area (Å²) in [6.07, 6.45) is 7.45. The molecule has 2 unspecified atom stereocenters. The van der Waals surface area contributed by atoms with Crippen LogP contribution in [0.5, 0.6) is 0 Å². The number of aliphatic hydroxyl groups is 1. The lowest BCUT2D eigenvalue weighted by atomic mass is 9.85. The first-order valence-corrected chi connectivity index (χ1v) is 6.61. The summed E-state index contributed by atoms with van der Waals surface area (Å²) in [5.74, 6) is 0.594. The number of hydrogen-bond acceptors (Lipinski definition) is 2.